The molecule has 4 aromatic rings. The number of nitrogen functional groups attached to an aromatic ring is 1. The van der Waals surface area contributed by atoms with E-state index >= 15 is 0 Å². The van der Waals surface area contributed by atoms with Crippen LogP contribution in [-0.4, -0.2) is 60.6 Å². The Balaban J connectivity index is 1.44. The average Bonchev–Trinajstić information content (AvgIpc) is 3.36. The van der Waals surface area contributed by atoms with Crippen LogP contribution in [0.25, 0.3) is 11.0 Å². The summed E-state index contributed by atoms with van der Waals surface area (Å²) in [6, 6.07) is 8.67. The number of aryl methyl sites for hydroxylation is 2. The van der Waals surface area contributed by atoms with Crippen molar-refractivity contribution in [3.8, 4) is 11.8 Å². The van der Waals surface area contributed by atoms with Gasteiger partial charge in [0.25, 0.3) is 5.91 Å². The number of hydrogen-bond acceptors (Lipinski definition) is 7. The van der Waals surface area contributed by atoms with Gasteiger partial charge in [0, 0.05) is 30.6 Å². The molecule has 228 valence electrons. The Hall–Kier alpha value is -4.76. The Kier molecular flexibility index (Phi) is 8.43. The summed E-state index contributed by atoms with van der Waals surface area (Å²) in [6.07, 6.45) is -2.97. The number of halogens is 3. The maximum Gasteiger partial charge on any atom is 0.416 e. The van der Waals surface area contributed by atoms with E-state index in [4.69, 9.17) is 10.8 Å². The number of fused-ring (bicyclic) bond motifs is 1. The van der Waals surface area contributed by atoms with Crippen LogP contribution >= 0.6 is 0 Å². The van der Waals surface area contributed by atoms with Gasteiger partial charge in [-0.1, -0.05) is 30.2 Å². The Bertz CT molecular complexity index is 1820. The van der Waals surface area contributed by atoms with E-state index in [9.17, 15) is 27.9 Å². The van der Waals surface area contributed by atoms with E-state index in [1.807, 2.05) is 6.92 Å². The number of amides is 1. The second-order valence-electron chi connectivity index (χ2n) is 11.0. The van der Waals surface area contributed by atoms with Crippen molar-refractivity contribution in [3.63, 3.8) is 0 Å². The van der Waals surface area contributed by atoms with Crippen molar-refractivity contribution < 1.29 is 27.9 Å². The van der Waals surface area contributed by atoms with Crippen molar-refractivity contribution in [2.75, 3.05) is 18.8 Å². The zero-order valence-electron chi connectivity index (χ0n) is 24.4. The molecule has 12 heteroatoms. The molecule has 5 rings (SSSR count). The molecule has 0 spiro atoms. The van der Waals surface area contributed by atoms with Crippen LogP contribution in [0.2, 0.25) is 0 Å². The highest BCUT2D eigenvalue weighted by Crippen LogP contribution is 2.33. The number of ketones is 1. The summed E-state index contributed by atoms with van der Waals surface area (Å²) in [5.41, 5.74) is 8.29. The summed E-state index contributed by atoms with van der Waals surface area (Å²) in [6.45, 7) is 5.54. The molecule has 9 nitrogen and oxygen atoms in total. The summed E-state index contributed by atoms with van der Waals surface area (Å²) >= 11 is 0. The highest BCUT2D eigenvalue weighted by Gasteiger charge is 2.33. The van der Waals surface area contributed by atoms with Gasteiger partial charge in [0.05, 0.1) is 17.0 Å². The summed E-state index contributed by atoms with van der Waals surface area (Å²) in [4.78, 5) is 35.5. The van der Waals surface area contributed by atoms with Gasteiger partial charge in [-0.25, -0.2) is 14.6 Å². The lowest BCUT2D eigenvalue weighted by molar-refractivity contribution is -0.141. The number of likely N-dealkylation sites (tertiary alicyclic amines) is 1. The smallest absolute Gasteiger partial charge is 0.384 e. The summed E-state index contributed by atoms with van der Waals surface area (Å²) in [5, 5.41) is 15.0. The standard InChI is InChI=1S/C32H31F3N6O3/c1-18-6-8-21(14-27(43)23-9-7-19(2)25(15-23)32(33,34)35)13-22(18)10-11-26-28-29(36)37-17-38-30(28)41(39-26)24-5-4-12-40(16-24)31(44)20(3)42/h6-9,13,15,17,20,24,42H,4-5,12,14,16H2,1-3H3,(H2,36,37,38)/t20-,24?/m0/s1. The minimum atomic E-state index is -4.55. The first kappa shape index (κ1) is 30.7. The molecule has 0 radical (unpaired) electrons. The molecule has 1 aliphatic heterocycles. The lowest BCUT2D eigenvalue weighted by Crippen LogP contribution is -2.44. The Morgan fingerprint density at radius 1 is 1.11 bits per heavy atom. The van der Waals surface area contributed by atoms with Crippen LogP contribution in [0.4, 0.5) is 19.0 Å². The van der Waals surface area contributed by atoms with E-state index in [2.05, 4.69) is 21.8 Å². The molecule has 3 heterocycles. The van der Waals surface area contributed by atoms with Crippen LogP contribution in [0.1, 0.15) is 69.7 Å². The van der Waals surface area contributed by atoms with Gasteiger partial charge in [-0.3, -0.25) is 9.59 Å². The number of alkyl halides is 3. The number of anilines is 1. The first-order valence-electron chi connectivity index (χ1n) is 14.1. The molecule has 1 fully saturated rings. The molecule has 0 bridgehead atoms. The van der Waals surface area contributed by atoms with Crippen LogP contribution in [0.3, 0.4) is 0 Å². The molecule has 2 aromatic carbocycles. The van der Waals surface area contributed by atoms with Crippen molar-refractivity contribution in [1.29, 1.82) is 0 Å². The molecule has 1 unspecified atom stereocenters. The number of aromatic nitrogens is 4. The van der Waals surface area contributed by atoms with Gasteiger partial charge in [-0.2, -0.15) is 18.3 Å². The quantitative estimate of drug-likeness (QED) is 0.255. The Morgan fingerprint density at radius 3 is 2.59 bits per heavy atom. The van der Waals surface area contributed by atoms with Crippen molar-refractivity contribution in [2.24, 2.45) is 0 Å². The van der Waals surface area contributed by atoms with Crippen LogP contribution in [0.15, 0.2) is 42.7 Å². The number of carbonyl (C=O) groups excluding carboxylic acids is 2. The van der Waals surface area contributed by atoms with Gasteiger partial charge < -0.3 is 15.7 Å². The molecule has 1 amide bonds. The number of nitrogens with two attached hydrogens (primary N) is 1. The highest BCUT2D eigenvalue weighted by molar-refractivity contribution is 5.98. The molecule has 44 heavy (non-hydrogen) atoms. The lowest BCUT2D eigenvalue weighted by Gasteiger charge is -2.33. The number of rotatable bonds is 5. The molecule has 0 aliphatic carbocycles. The van der Waals surface area contributed by atoms with Crippen molar-refractivity contribution in [3.05, 3.63) is 81.8 Å². The topological polar surface area (TPSA) is 127 Å². The number of piperidine rings is 1. The first-order chi connectivity index (χ1) is 20.8. The Morgan fingerprint density at radius 2 is 1.86 bits per heavy atom. The minimum absolute atomic E-state index is 0.0138. The molecular formula is C32H31F3N6O3. The third kappa shape index (κ3) is 6.28. The number of aliphatic hydroxyl groups is 1. The summed E-state index contributed by atoms with van der Waals surface area (Å²) < 4.78 is 41.8. The largest absolute Gasteiger partial charge is 0.416 e. The summed E-state index contributed by atoms with van der Waals surface area (Å²) in [5.74, 6) is 5.58. The minimum Gasteiger partial charge on any atom is -0.384 e. The number of carbonyl (C=O) groups is 2. The van der Waals surface area contributed by atoms with E-state index in [-0.39, 0.29) is 35.3 Å². The normalized spacial score (nSPS) is 16.0. The average molecular weight is 605 g/mol. The number of benzene rings is 2. The second kappa shape index (κ2) is 12.1. The second-order valence-corrected chi connectivity index (χ2v) is 11.0. The number of aliphatic hydroxyl groups excluding tert-OH is 1. The molecule has 1 aliphatic rings. The Labute approximate surface area is 251 Å². The van der Waals surface area contributed by atoms with Gasteiger partial charge in [-0.15, -0.1) is 0 Å². The van der Waals surface area contributed by atoms with E-state index in [0.717, 1.165) is 24.5 Å². The number of hydrogen-bond donors (Lipinski definition) is 2. The number of Topliss-reactive ketones (excluding diaryl/α,β-unsaturated/α-hetero) is 1. The zero-order valence-corrected chi connectivity index (χ0v) is 24.4. The fourth-order valence-electron chi connectivity index (χ4n) is 5.38. The van der Waals surface area contributed by atoms with Crippen molar-refractivity contribution in [1.82, 2.24) is 24.6 Å². The zero-order chi connectivity index (χ0) is 31.8. The predicted octanol–water partition coefficient (Wildman–Crippen LogP) is 4.41. The molecule has 1 saturated heterocycles. The van der Waals surface area contributed by atoms with Crippen LogP contribution < -0.4 is 5.73 Å². The molecule has 2 atom stereocenters. The summed E-state index contributed by atoms with van der Waals surface area (Å²) in [7, 11) is 0. The molecule has 2 aromatic heterocycles. The van der Waals surface area contributed by atoms with Crippen LogP contribution in [-0.2, 0) is 17.4 Å². The van der Waals surface area contributed by atoms with Crippen molar-refractivity contribution >= 4 is 28.5 Å². The monoisotopic (exact) mass is 604 g/mol. The molecular weight excluding hydrogens is 573 g/mol. The van der Waals surface area contributed by atoms with E-state index in [1.165, 1.54) is 32.3 Å². The van der Waals surface area contributed by atoms with Crippen LogP contribution in [0, 0.1) is 25.7 Å². The fraction of sp³-hybridized carbons (Fsp3) is 0.344. The van der Waals surface area contributed by atoms with E-state index in [0.29, 0.717) is 40.9 Å². The first-order valence-corrected chi connectivity index (χ1v) is 14.1. The predicted molar refractivity (Wildman–Crippen MR) is 158 cm³/mol. The third-order valence-corrected chi connectivity index (χ3v) is 7.78. The lowest BCUT2D eigenvalue weighted by atomic mass is 9.96. The fourth-order valence-corrected chi connectivity index (χ4v) is 5.38. The van der Waals surface area contributed by atoms with Gasteiger partial charge in [-0.05, 0) is 68.4 Å². The highest BCUT2D eigenvalue weighted by atomic mass is 19.4. The van der Waals surface area contributed by atoms with Gasteiger partial charge >= 0.3 is 6.18 Å². The maximum atomic E-state index is 13.4. The maximum absolute atomic E-state index is 13.4. The van der Waals surface area contributed by atoms with Gasteiger partial charge in [0.15, 0.2) is 11.4 Å². The number of nitrogens with zero attached hydrogens (tertiary/aromatic N) is 5. The third-order valence-electron chi connectivity index (χ3n) is 7.78. The molecule has 3 N–H and O–H groups in total. The SMILES string of the molecule is Cc1ccc(CC(=O)c2ccc(C)c(C(F)(F)F)c2)cc1C#Cc1nn(C2CCCN(C(=O)[C@H](C)O)C2)c2ncnc(N)c12. The van der Waals surface area contributed by atoms with E-state index in [1.54, 1.807) is 27.8 Å². The van der Waals surface area contributed by atoms with Crippen molar-refractivity contribution in [2.45, 2.75) is 58.4 Å². The van der Waals surface area contributed by atoms with Gasteiger partial charge in [0.1, 0.15) is 23.9 Å². The molecule has 0 saturated carbocycles. The van der Waals surface area contributed by atoms with Crippen LogP contribution in [0.5, 0.6) is 0 Å². The van der Waals surface area contributed by atoms with E-state index < -0.39 is 23.6 Å². The van der Waals surface area contributed by atoms with Gasteiger partial charge in [0.2, 0.25) is 0 Å².